The molecule has 0 radical (unpaired) electrons. The molecule has 0 unspecified atom stereocenters. The summed E-state index contributed by atoms with van der Waals surface area (Å²) < 4.78 is 1.79. The lowest BCUT2D eigenvalue weighted by atomic mass is 10.2. The van der Waals surface area contributed by atoms with E-state index < -0.39 is 0 Å². The van der Waals surface area contributed by atoms with Crippen LogP contribution in [0.5, 0.6) is 0 Å². The number of anilines is 1. The Balaban J connectivity index is 1.78. The van der Waals surface area contributed by atoms with E-state index in [1.807, 2.05) is 13.8 Å². The molecule has 0 aliphatic heterocycles. The minimum atomic E-state index is -0.265. The predicted molar refractivity (Wildman–Crippen MR) is 88.0 cm³/mol. The van der Waals surface area contributed by atoms with Crippen LogP contribution in [-0.4, -0.2) is 25.4 Å². The highest BCUT2D eigenvalue weighted by molar-refractivity contribution is 6.31. The lowest BCUT2D eigenvalue weighted by Gasteiger charge is -2.07. The first kappa shape index (κ1) is 15.2. The quantitative estimate of drug-likeness (QED) is 0.802. The van der Waals surface area contributed by atoms with Crippen LogP contribution in [0.2, 0.25) is 5.02 Å². The van der Waals surface area contributed by atoms with Crippen molar-refractivity contribution in [2.24, 2.45) is 0 Å². The summed E-state index contributed by atoms with van der Waals surface area (Å²) in [5, 5.41) is 3.25. The van der Waals surface area contributed by atoms with Crippen molar-refractivity contribution in [1.29, 1.82) is 0 Å². The van der Waals surface area contributed by atoms with E-state index in [1.165, 1.54) is 0 Å². The van der Waals surface area contributed by atoms with Gasteiger partial charge in [-0.05, 0) is 32.0 Å². The molecule has 23 heavy (non-hydrogen) atoms. The van der Waals surface area contributed by atoms with Crippen LogP contribution in [0.3, 0.4) is 0 Å². The number of hydrogen-bond donors (Lipinski definition) is 1. The Labute approximate surface area is 138 Å². The Bertz CT molecular complexity index is 857. The van der Waals surface area contributed by atoms with Crippen LogP contribution in [0.15, 0.2) is 43.0 Å². The number of imidazole rings is 1. The summed E-state index contributed by atoms with van der Waals surface area (Å²) in [5.74, 6) is 0.238. The second kappa shape index (κ2) is 6.18. The molecule has 6 nitrogen and oxygen atoms in total. The first-order valence-electron chi connectivity index (χ1n) is 6.94. The highest BCUT2D eigenvalue weighted by Gasteiger charge is 2.09. The van der Waals surface area contributed by atoms with E-state index in [4.69, 9.17) is 11.6 Å². The molecule has 3 rings (SSSR count). The van der Waals surface area contributed by atoms with Gasteiger partial charge in [-0.25, -0.2) is 15.0 Å². The lowest BCUT2D eigenvalue weighted by Crippen LogP contribution is -2.13. The van der Waals surface area contributed by atoms with Gasteiger partial charge in [-0.1, -0.05) is 17.7 Å². The minimum Gasteiger partial charge on any atom is -0.319 e. The monoisotopic (exact) mass is 327 g/mol. The van der Waals surface area contributed by atoms with Crippen LogP contribution >= 0.6 is 11.6 Å². The van der Waals surface area contributed by atoms with Crippen molar-refractivity contribution in [2.45, 2.75) is 13.8 Å². The molecule has 2 heterocycles. The molecule has 2 aromatic heterocycles. The first-order chi connectivity index (χ1) is 11.0. The Morgan fingerprint density at radius 2 is 1.91 bits per heavy atom. The molecule has 7 heteroatoms. The number of nitrogens with one attached hydrogen (secondary N) is 1. The van der Waals surface area contributed by atoms with E-state index in [-0.39, 0.29) is 5.91 Å². The number of amides is 1. The summed E-state index contributed by atoms with van der Waals surface area (Å²) in [6.45, 7) is 3.87. The van der Waals surface area contributed by atoms with Crippen LogP contribution in [0.1, 0.15) is 21.7 Å². The third-order valence-corrected chi connectivity index (χ3v) is 3.69. The fourth-order valence-corrected chi connectivity index (χ4v) is 2.23. The molecule has 1 aromatic carbocycles. The van der Waals surface area contributed by atoms with Crippen molar-refractivity contribution < 1.29 is 4.79 Å². The summed E-state index contributed by atoms with van der Waals surface area (Å²) in [4.78, 5) is 24.9. The highest BCUT2D eigenvalue weighted by Crippen LogP contribution is 2.14. The van der Waals surface area contributed by atoms with Gasteiger partial charge in [0, 0.05) is 16.3 Å². The molecule has 0 aliphatic rings. The Morgan fingerprint density at radius 3 is 2.52 bits per heavy atom. The van der Waals surface area contributed by atoms with Gasteiger partial charge >= 0.3 is 0 Å². The lowest BCUT2D eigenvalue weighted by molar-refractivity contribution is 0.102. The molecule has 3 aromatic rings. The molecule has 1 N–H and O–H groups in total. The number of aryl methyl sites for hydroxylation is 1. The average molecular weight is 328 g/mol. The number of nitrogens with zero attached hydrogens (tertiary/aromatic N) is 4. The molecule has 0 atom stereocenters. The maximum absolute atomic E-state index is 12.1. The van der Waals surface area contributed by atoms with Crippen molar-refractivity contribution in [3.63, 3.8) is 0 Å². The maximum atomic E-state index is 12.1. The molecule has 116 valence electrons. The second-order valence-electron chi connectivity index (χ2n) is 5.02. The number of carbonyl (C=O) groups is 1. The van der Waals surface area contributed by atoms with Crippen molar-refractivity contribution in [1.82, 2.24) is 19.5 Å². The van der Waals surface area contributed by atoms with Crippen LogP contribution in [0.25, 0.3) is 5.95 Å². The SMILES string of the molecule is Cc1ncn(-c2ncc(NC(=O)c3cccc(Cl)c3)cn2)c1C. The zero-order valence-electron chi connectivity index (χ0n) is 12.6. The molecule has 0 aliphatic carbocycles. The summed E-state index contributed by atoms with van der Waals surface area (Å²) in [7, 11) is 0. The second-order valence-corrected chi connectivity index (χ2v) is 5.46. The van der Waals surface area contributed by atoms with E-state index in [9.17, 15) is 4.79 Å². The van der Waals surface area contributed by atoms with E-state index in [0.29, 0.717) is 22.2 Å². The molecular weight excluding hydrogens is 314 g/mol. The molecular formula is C16H14ClN5O. The van der Waals surface area contributed by atoms with Crippen LogP contribution in [0.4, 0.5) is 5.69 Å². The zero-order valence-corrected chi connectivity index (χ0v) is 13.4. The molecule has 0 saturated heterocycles. The number of benzene rings is 1. The van der Waals surface area contributed by atoms with E-state index in [0.717, 1.165) is 11.4 Å². The molecule has 0 bridgehead atoms. The summed E-state index contributed by atoms with van der Waals surface area (Å²) in [5.41, 5.74) is 2.88. The molecule has 1 amide bonds. The van der Waals surface area contributed by atoms with Gasteiger partial charge in [0.25, 0.3) is 5.91 Å². The first-order valence-corrected chi connectivity index (χ1v) is 7.32. The average Bonchev–Trinajstić information content (AvgIpc) is 2.88. The summed E-state index contributed by atoms with van der Waals surface area (Å²) in [6.07, 6.45) is 4.78. The van der Waals surface area contributed by atoms with Crippen LogP contribution < -0.4 is 5.32 Å². The maximum Gasteiger partial charge on any atom is 0.255 e. The summed E-state index contributed by atoms with van der Waals surface area (Å²) >= 11 is 5.88. The standard InChI is InChI=1S/C16H14ClN5O/c1-10-11(2)22(9-20-10)16-18-7-14(8-19-16)21-15(23)12-4-3-5-13(17)6-12/h3-9H,1-2H3,(H,21,23). The van der Waals surface area contributed by atoms with Gasteiger partial charge in [-0.3, -0.25) is 9.36 Å². The minimum absolute atomic E-state index is 0.265. The predicted octanol–water partition coefficient (Wildman–Crippen LogP) is 3.18. The van der Waals surface area contributed by atoms with Gasteiger partial charge < -0.3 is 5.32 Å². The number of carbonyl (C=O) groups excluding carboxylic acids is 1. The zero-order chi connectivity index (χ0) is 16.4. The van der Waals surface area contributed by atoms with Crippen molar-refractivity contribution in [2.75, 3.05) is 5.32 Å². The van der Waals surface area contributed by atoms with Gasteiger partial charge in [-0.15, -0.1) is 0 Å². The molecule has 0 fully saturated rings. The normalized spacial score (nSPS) is 10.6. The van der Waals surface area contributed by atoms with Crippen molar-refractivity contribution in [3.8, 4) is 5.95 Å². The van der Waals surface area contributed by atoms with Crippen molar-refractivity contribution >= 4 is 23.2 Å². The Hall–Kier alpha value is -2.73. The van der Waals surface area contributed by atoms with Crippen LogP contribution in [-0.2, 0) is 0 Å². The van der Waals surface area contributed by atoms with E-state index in [1.54, 1.807) is 47.6 Å². The van der Waals surface area contributed by atoms with Crippen molar-refractivity contribution in [3.05, 3.63) is 65.0 Å². The van der Waals surface area contributed by atoms with E-state index in [2.05, 4.69) is 20.3 Å². The van der Waals surface area contributed by atoms with Gasteiger partial charge in [-0.2, -0.15) is 0 Å². The number of aromatic nitrogens is 4. The molecule has 0 saturated carbocycles. The highest BCUT2D eigenvalue weighted by atomic mass is 35.5. The van der Waals surface area contributed by atoms with Gasteiger partial charge in [0.1, 0.15) is 6.33 Å². The fraction of sp³-hybridized carbons (Fsp3) is 0.125. The number of halogens is 1. The van der Waals surface area contributed by atoms with E-state index >= 15 is 0 Å². The number of rotatable bonds is 3. The smallest absolute Gasteiger partial charge is 0.255 e. The third kappa shape index (κ3) is 3.22. The number of hydrogen-bond acceptors (Lipinski definition) is 4. The fourth-order valence-electron chi connectivity index (χ4n) is 2.04. The molecule has 0 spiro atoms. The largest absolute Gasteiger partial charge is 0.319 e. The topological polar surface area (TPSA) is 72.7 Å². The van der Waals surface area contributed by atoms with Gasteiger partial charge in [0.15, 0.2) is 0 Å². The third-order valence-electron chi connectivity index (χ3n) is 3.45. The van der Waals surface area contributed by atoms with Gasteiger partial charge in [0.05, 0.1) is 23.8 Å². The van der Waals surface area contributed by atoms with Gasteiger partial charge in [0.2, 0.25) is 5.95 Å². The Morgan fingerprint density at radius 1 is 1.17 bits per heavy atom. The van der Waals surface area contributed by atoms with Crippen LogP contribution in [0, 0.1) is 13.8 Å². The Kier molecular flexibility index (Phi) is 4.08. The summed E-state index contributed by atoms with van der Waals surface area (Å²) in [6, 6.07) is 6.73.